The lowest BCUT2D eigenvalue weighted by Gasteiger charge is -2.09. The number of hydrogen-bond donors (Lipinski definition) is 1. The molecule has 0 aliphatic carbocycles. The Labute approximate surface area is 109 Å². The molecule has 0 unspecified atom stereocenters. The van der Waals surface area contributed by atoms with Gasteiger partial charge >= 0.3 is 6.18 Å². The van der Waals surface area contributed by atoms with Crippen LogP contribution in [0.25, 0.3) is 0 Å². The van der Waals surface area contributed by atoms with Crippen LogP contribution in [0.1, 0.15) is 12.8 Å². The van der Waals surface area contributed by atoms with Gasteiger partial charge < -0.3 is 5.32 Å². The first-order valence-corrected chi connectivity index (χ1v) is 5.83. The average Bonchev–Trinajstić information content (AvgIpc) is 2.24. The summed E-state index contributed by atoms with van der Waals surface area (Å²) in [6, 6.07) is 4.33. The van der Waals surface area contributed by atoms with Crippen molar-refractivity contribution >= 4 is 27.3 Å². The summed E-state index contributed by atoms with van der Waals surface area (Å²) in [5, 5.41) is 13.4. The van der Waals surface area contributed by atoms with Crippen molar-refractivity contribution in [2.75, 3.05) is 11.9 Å². The van der Waals surface area contributed by atoms with Gasteiger partial charge in [-0.1, -0.05) is 15.9 Å². The summed E-state index contributed by atoms with van der Waals surface area (Å²) in [5.41, 5.74) is 0.0433. The Hall–Kier alpha value is -1.31. The van der Waals surface area contributed by atoms with Gasteiger partial charge in [-0.3, -0.25) is 10.1 Å². The van der Waals surface area contributed by atoms with Crippen molar-refractivity contribution in [1.82, 2.24) is 0 Å². The SMILES string of the molecule is O=[N+]([O-])c1cc(Br)ccc1NCCCC(F)(F)F. The third-order valence-corrected chi connectivity index (χ3v) is 2.60. The number of alkyl halides is 3. The van der Waals surface area contributed by atoms with Crippen LogP contribution in [0.4, 0.5) is 24.5 Å². The lowest BCUT2D eigenvalue weighted by atomic mass is 10.2. The molecule has 0 aliphatic rings. The standard InChI is InChI=1S/C10H10BrF3N2O2/c11-7-2-3-8(9(6-7)16(17)18)15-5-1-4-10(12,13)14/h2-3,6,15H,1,4-5H2. The number of nitro benzene ring substituents is 1. The summed E-state index contributed by atoms with van der Waals surface area (Å²) >= 11 is 3.09. The largest absolute Gasteiger partial charge is 0.389 e. The van der Waals surface area contributed by atoms with Gasteiger partial charge in [0.05, 0.1) is 4.92 Å². The predicted octanol–water partition coefficient (Wildman–Crippen LogP) is 4.11. The normalized spacial score (nSPS) is 11.3. The minimum absolute atomic E-state index is 0.0297. The number of halogens is 4. The van der Waals surface area contributed by atoms with Gasteiger partial charge in [0.15, 0.2) is 0 Å². The van der Waals surface area contributed by atoms with Gasteiger partial charge in [0, 0.05) is 23.5 Å². The highest BCUT2D eigenvalue weighted by molar-refractivity contribution is 9.10. The van der Waals surface area contributed by atoms with Gasteiger partial charge in [0.2, 0.25) is 0 Å². The number of anilines is 1. The molecule has 1 rings (SSSR count). The second-order valence-electron chi connectivity index (χ2n) is 3.56. The molecule has 0 heterocycles. The molecule has 0 saturated carbocycles. The van der Waals surface area contributed by atoms with Crippen LogP contribution in [0, 0.1) is 10.1 Å². The summed E-state index contributed by atoms with van der Waals surface area (Å²) in [4.78, 5) is 10.1. The van der Waals surface area contributed by atoms with Crippen molar-refractivity contribution in [3.63, 3.8) is 0 Å². The minimum atomic E-state index is -4.20. The summed E-state index contributed by atoms with van der Waals surface area (Å²) in [5.74, 6) is 0. The maximum Gasteiger partial charge on any atom is 0.389 e. The topological polar surface area (TPSA) is 55.2 Å². The van der Waals surface area contributed by atoms with Gasteiger partial charge in [-0.05, 0) is 18.6 Å². The minimum Gasteiger partial charge on any atom is -0.379 e. The molecule has 1 aromatic rings. The van der Waals surface area contributed by atoms with E-state index in [0.29, 0.717) is 4.47 Å². The molecule has 1 aromatic carbocycles. The molecule has 8 heteroatoms. The van der Waals surface area contributed by atoms with Crippen LogP contribution in [0.2, 0.25) is 0 Å². The van der Waals surface area contributed by atoms with Gasteiger partial charge in [-0.15, -0.1) is 0 Å². The van der Waals surface area contributed by atoms with E-state index in [4.69, 9.17) is 0 Å². The van der Waals surface area contributed by atoms with E-state index in [1.165, 1.54) is 12.1 Å². The summed E-state index contributed by atoms with van der Waals surface area (Å²) < 4.78 is 36.2. The average molecular weight is 327 g/mol. The van der Waals surface area contributed by atoms with E-state index in [0.717, 1.165) is 0 Å². The first-order chi connectivity index (χ1) is 8.29. The molecule has 18 heavy (non-hydrogen) atoms. The van der Waals surface area contributed by atoms with Crippen LogP contribution >= 0.6 is 15.9 Å². The maximum absolute atomic E-state index is 11.9. The number of nitro groups is 1. The van der Waals surface area contributed by atoms with Crippen LogP contribution in [0.5, 0.6) is 0 Å². The lowest BCUT2D eigenvalue weighted by Crippen LogP contribution is -2.11. The van der Waals surface area contributed by atoms with Crippen molar-refractivity contribution in [3.8, 4) is 0 Å². The number of nitrogens with zero attached hydrogens (tertiary/aromatic N) is 1. The van der Waals surface area contributed by atoms with Crippen molar-refractivity contribution in [2.45, 2.75) is 19.0 Å². The van der Waals surface area contributed by atoms with Crippen LogP contribution in [0.15, 0.2) is 22.7 Å². The maximum atomic E-state index is 11.9. The van der Waals surface area contributed by atoms with Crippen LogP contribution in [0.3, 0.4) is 0 Å². The molecule has 4 nitrogen and oxygen atoms in total. The molecule has 0 spiro atoms. The van der Waals surface area contributed by atoms with Gasteiger partial charge in [0.1, 0.15) is 5.69 Å². The Bertz CT molecular complexity index is 438. The van der Waals surface area contributed by atoms with Gasteiger partial charge in [-0.25, -0.2) is 0 Å². The zero-order chi connectivity index (χ0) is 13.8. The Kier molecular flexibility index (Phi) is 4.94. The Balaban J connectivity index is 2.59. The third kappa shape index (κ3) is 4.91. The smallest absolute Gasteiger partial charge is 0.379 e. The zero-order valence-electron chi connectivity index (χ0n) is 9.13. The number of rotatable bonds is 5. The van der Waals surface area contributed by atoms with E-state index in [1.54, 1.807) is 6.07 Å². The third-order valence-electron chi connectivity index (χ3n) is 2.11. The van der Waals surface area contributed by atoms with Crippen molar-refractivity contribution in [3.05, 3.63) is 32.8 Å². The highest BCUT2D eigenvalue weighted by atomic mass is 79.9. The lowest BCUT2D eigenvalue weighted by molar-refractivity contribution is -0.384. The molecular weight excluding hydrogens is 317 g/mol. The van der Waals surface area contributed by atoms with Crippen molar-refractivity contribution in [2.24, 2.45) is 0 Å². The summed E-state index contributed by atoms with van der Waals surface area (Å²) in [6.07, 6.45) is -5.24. The fourth-order valence-corrected chi connectivity index (χ4v) is 1.67. The van der Waals surface area contributed by atoms with Crippen molar-refractivity contribution < 1.29 is 18.1 Å². The highest BCUT2D eigenvalue weighted by Gasteiger charge is 2.26. The van der Waals surface area contributed by atoms with E-state index in [9.17, 15) is 23.3 Å². The fourth-order valence-electron chi connectivity index (χ4n) is 1.32. The first-order valence-electron chi connectivity index (χ1n) is 5.04. The zero-order valence-corrected chi connectivity index (χ0v) is 10.7. The van der Waals surface area contributed by atoms with Crippen molar-refractivity contribution in [1.29, 1.82) is 0 Å². The number of hydrogen-bond acceptors (Lipinski definition) is 3. The molecule has 0 radical (unpaired) electrons. The molecule has 0 aromatic heterocycles. The monoisotopic (exact) mass is 326 g/mol. The highest BCUT2D eigenvalue weighted by Crippen LogP contribution is 2.28. The molecule has 0 fully saturated rings. The molecule has 0 atom stereocenters. The number of benzene rings is 1. The molecule has 0 saturated heterocycles. The summed E-state index contributed by atoms with van der Waals surface area (Å²) in [7, 11) is 0. The van der Waals surface area contributed by atoms with Gasteiger partial charge in [-0.2, -0.15) is 13.2 Å². The first kappa shape index (κ1) is 14.7. The molecule has 0 amide bonds. The molecule has 0 aliphatic heterocycles. The Morgan fingerprint density at radius 1 is 1.39 bits per heavy atom. The van der Waals surface area contributed by atoms with Crippen LogP contribution in [-0.4, -0.2) is 17.6 Å². The molecular formula is C10H10BrF3N2O2. The molecule has 1 N–H and O–H groups in total. The van der Waals surface area contributed by atoms with Crippen LogP contribution in [-0.2, 0) is 0 Å². The Morgan fingerprint density at radius 3 is 2.61 bits per heavy atom. The van der Waals surface area contributed by atoms with Gasteiger partial charge in [0.25, 0.3) is 5.69 Å². The fraction of sp³-hybridized carbons (Fsp3) is 0.400. The molecule has 0 bridgehead atoms. The van der Waals surface area contributed by atoms with E-state index >= 15 is 0 Å². The molecule has 100 valence electrons. The predicted molar refractivity (Wildman–Crippen MR) is 64.6 cm³/mol. The summed E-state index contributed by atoms with van der Waals surface area (Å²) in [6.45, 7) is 0.0297. The quantitative estimate of drug-likeness (QED) is 0.503. The number of nitrogens with one attached hydrogen (secondary N) is 1. The second-order valence-corrected chi connectivity index (χ2v) is 4.48. The van der Waals surface area contributed by atoms with E-state index in [2.05, 4.69) is 21.2 Å². The van der Waals surface area contributed by atoms with E-state index < -0.39 is 17.5 Å². The second kappa shape index (κ2) is 6.03. The Morgan fingerprint density at radius 2 is 2.06 bits per heavy atom. The van der Waals surface area contributed by atoms with E-state index in [-0.39, 0.29) is 24.3 Å². The van der Waals surface area contributed by atoms with E-state index in [1.807, 2.05) is 0 Å². The van der Waals surface area contributed by atoms with Crippen LogP contribution < -0.4 is 5.32 Å².